The van der Waals surface area contributed by atoms with Crippen LogP contribution >= 0.6 is 0 Å². The zero-order chi connectivity index (χ0) is 11.2. The van der Waals surface area contributed by atoms with Crippen molar-refractivity contribution in [2.45, 2.75) is 32.8 Å². The van der Waals surface area contributed by atoms with Crippen LogP contribution < -0.4 is 5.32 Å². The third-order valence-corrected chi connectivity index (χ3v) is 1.64. The summed E-state index contributed by atoms with van der Waals surface area (Å²) >= 11 is 0. The Labute approximate surface area is 86.3 Å². The van der Waals surface area contributed by atoms with Crippen molar-refractivity contribution >= 4 is 5.91 Å². The topological polar surface area (TPSA) is 52.6 Å². The van der Waals surface area contributed by atoms with Crippen LogP contribution in [0, 0.1) is 0 Å². The zero-order valence-electron chi connectivity index (χ0n) is 9.63. The summed E-state index contributed by atoms with van der Waals surface area (Å²) in [5.41, 5.74) is -0.750. The molecule has 0 saturated carbocycles. The minimum atomic E-state index is -0.750. The van der Waals surface area contributed by atoms with E-state index in [2.05, 4.69) is 5.32 Å². The molecule has 0 aliphatic rings. The summed E-state index contributed by atoms with van der Waals surface area (Å²) < 4.78 is 0. The third kappa shape index (κ3) is 8.01. The fourth-order valence-corrected chi connectivity index (χ4v) is 1.28. The highest BCUT2D eigenvalue weighted by Gasteiger charge is 2.16. The minimum Gasteiger partial charge on any atom is -0.389 e. The van der Waals surface area contributed by atoms with Gasteiger partial charge in [-0.3, -0.25) is 9.69 Å². The van der Waals surface area contributed by atoms with Gasteiger partial charge in [0.05, 0.1) is 12.1 Å². The second-order valence-corrected chi connectivity index (χ2v) is 4.33. The van der Waals surface area contributed by atoms with Gasteiger partial charge in [-0.2, -0.15) is 0 Å². The molecule has 2 N–H and O–H groups in total. The summed E-state index contributed by atoms with van der Waals surface area (Å²) in [6, 6.07) is 0. The quantitative estimate of drug-likeness (QED) is 0.647. The van der Waals surface area contributed by atoms with Gasteiger partial charge in [0.25, 0.3) is 0 Å². The molecule has 0 aliphatic heterocycles. The highest BCUT2D eigenvalue weighted by Crippen LogP contribution is 2.02. The van der Waals surface area contributed by atoms with E-state index >= 15 is 0 Å². The number of amides is 1. The van der Waals surface area contributed by atoms with Crippen LogP contribution in [-0.4, -0.2) is 48.2 Å². The van der Waals surface area contributed by atoms with E-state index in [-0.39, 0.29) is 5.91 Å². The van der Waals surface area contributed by atoms with Crippen molar-refractivity contribution in [3.63, 3.8) is 0 Å². The Kier molecular flexibility index (Phi) is 5.72. The van der Waals surface area contributed by atoms with Gasteiger partial charge < -0.3 is 10.4 Å². The van der Waals surface area contributed by atoms with Gasteiger partial charge in [0.15, 0.2) is 0 Å². The average Bonchev–Trinajstić information content (AvgIpc) is 1.96. The minimum absolute atomic E-state index is 0.0126. The molecule has 0 aliphatic carbocycles. The molecule has 0 aromatic heterocycles. The van der Waals surface area contributed by atoms with Gasteiger partial charge in [-0.05, 0) is 27.3 Å². The van der Waals surface area contributed by atoms with Crippen LogP contribution in [-0.2, 0) is 4.79 Å². The van der Waals surface area contributed by atoms with E-state index in [1.54, 1.807) is 13.8 Å². The first kappa shape index (κ1) is 13.4. The lowest BCUT2D eigenvalue weighted by molar-refractivity contribution is -0.122. The molecular weight excluding hydrogens is 180 g/mol. The van der Waals surface area contributed by atoms with E-state index < -0.39 is 5.60 Å². The zero-order valence-corrected chi connectivity index (χ0v) is 9.63. The normalized spacial score (nSPS) is 11.9. The number of carbonyl (C=O) groups excluding carboxylic acids is 1. The van der Waals surface area contributed by atoms with Crippen molar-refractivity contribution in [2.75, 3.05) is 26.7 Å². The number of nitrogens with one attached hydrogen (secondary N) is 1. The Bertz CT molecular complexity index is 175. The molecule has 0 aromatic carbocycles. The van der Waals surface area contributed by atoms with E-state index in [1.807, 2.05) is 18.9 Å². The first-order chi connectivity index (χ1) is 6.35. The summed E-state index contributed by atoms with van der Waals surface area (Å²) in [6.07, 6.45) is 0.945. The van der Waals surface area contributed by atoms with Crippen molar-refractivity contribution in [1.82, 2.24) is 10.2 Å². The van der Waals surface area contributed by atoms with Crippen LogP contribution in [0.2, 0.25) is 0 Å². The van der Waals surface area contributed by atoms with Crippen LogP contribution in [0.3, 0.4) is 0 Å². The summed E-state index contributed by atoms with van der Waals surface area (Å²) in [7, 11) is 1.82. The van der Waals surface area contributed by atoms with Gasteiger partial charge in [-0.1, -0.05) is 6.92 Å². The van der Waals surface area contributed by atoms with Crippen molar-refractivity contribution < 1.29 is 9.90 Å². The summed E-state index contributed by atoms with van der Waals surface area (Å²) in [4.78, 5) is 13.1. The van der Waals surface area contributed by atoms with E-state index in [9.17, 15) is 9.90 Å². The third-order valence-electron chi connectivity index (χ3n) is 1.64. The van der Waals surface area contributed by atoms with Gasteiger partial charge >= 0.3 is 0 Å². The number of hydrogen-bond acceptors (Lipinski definition) is 3. The molecule has 4 heteroatoms. The summed E-state index contributed by atoms with van der Waals surface area (Å²) in [5.74, 6) is 0.0126. The van der Waals surface area contributed by atoms with Crippen molar-refractivity contribution in [3.05, 3.63) is 0 Å². The fraction of sp³-hybridized carbons (Fsp3) is 0.900. The Morgan fingerprint density at radius 1 is 1.50 bits per heavy atom. The number of likely N-dealkylation sites (N-methyl/N-ethyl adjacent to an activating group) is 1. The van der Waals surface area contributed by atoms with Crippen LogP contribution in [0.5, 0.6) is 0 Å². The molecule has 0 heterocycles. The number of carbonyl (C=O) groups is 1. The van der Waals surface area contributed by atoms with Crippen molar-refractivity contribution in [1.29, 1.82) is 0 Å². The number of aliphatic hydroxyl groups is 1. The molecule has 0 fully saturated rings. The Morgan fingerprint density at radius 2 is 2.07 bits per heavy atom. The number of hydrogen-bond donors (Lipinski definition) is 2. The molecule has 4 nitrogen and oxygen atoms in total. The molecule has 0 rings (SSSR count). The van der Waals surface area contributed by atoms with Gasteiger partial charge in [-0.15, -0.1) is 0 Å². The van der Waals surface area contributed by atoms with Crippen LogP contribution in [0.15, 0.2) is 0 Å². The molecule has 0 bridgehead atoms. The van der Waals surface area contributed by atoms with Crippen LogP contribution in [0.1, 0.15) is 27.2 Å². The molecule has 0 unspecified atom stereocenters. The van der Waals surface area contributed by atoms with E-state index in [4.69, 9.17) is 0 Å². The maximum atomic E-state index is 11.3. The Balaban J connectivity index is 3.71. The van der Waals surface area contributed by atoms with E-state index in [0.717, 1.165) is 13.0 Å². The van der Waals surface area contributed by atoms with Gasteiger partial charge in [0, 0.05) is 13.1 Å². The SMILES string of the molecule is CCCNC(=O)CN(C)CC(C)(C)O. The van der Waals surface area contributed by atoms with Gasteiger partial charge in [-0.25, -0.2) is 0 Å². The fourth-order valence-electron chi connectivity index (χ4n) is 1.28. The predicted octanol–water partition coefficient (Wildman–Crippen LogP) is 0.215. The first-order valence-corrected chi connectivity index (χ1v) is 5.03. The molecule has 0 saturated heterocycles. The molecular formula is C10H22N2O2. The average molecular weight is 202 g/mol. The van der Waals surface area contributed by atoms with Crippen LogP contribution in [0.25, 0.3) is 0 Å². The number of nitrogens with zero attached hydrogens (tertiary/aromatic N) is 1. The smallest absolute Gasteiger partial charge is 0.234 e. The largest absolute Gasteiger partial charge is 0.389 e. The second-order valence-electron chi connectivity index (χ2n) is 4.33. The van der Waals surface area contributed by atoms with E-state index in [1.165, 1.54) is 0 Å². The number of rotatable bonds is 6. The van der Waals surface area contributed by atoms with Crippen molar-refractivity contribution in [3.8, 4) is 0 Å². The van der Waals surface area contributed by atoms with Crippen molar-refractivity contribution in [2.24, 2.45) is 0 Å². The summed E-state index contributed by atoms with van der Waals surface area (Å²) in [5, 5.41) is 12.3. The maximum Gasteiger partial charge on any atom is 0.234 e. The van der Waals surface area contributed by atoms with Crippen LogP contribution in [0.4, 0.5) is 0 Å². The lowest BCUT2D eigenvalue weighted by Gasteiger charge is -2.24. The molecule has 0 radical (unpaired) electrons. The Hall–Kier alpha value is -0.610. The monoisotopic (exact) mass is 202 g/mol. The van der Waals surface area contributed by atoms with Gasteiger partial charge in [0.2, 0.25) is 5.91 Å². The molecule has 0 atom stereocenters. The maximum absolute atomic E-state index is 11.3. The lowest BCUT2D eigenvalue weighted by atomic mass is 10.1. The second kappa shape index (κ2) is 5.98. The molecule has 0 spiro atoms. The van der Waals surface area contributed by atoms with Gasteiger partial charge in [0.1, 0.15) is 0 Å². The molecule has 1 amide bonds. The first-order valence-electron chi connectivity index (χ1n) is 5.03. The predicted molar refractivity (Wildman–Crippen MR) is 57.1 cm³/mol. The highest BCUT2D eigenvalue weighted by molar-refractivity contribution is 5.77. The molecule has 84 valence electrons. The standard InChI is InChI=1S/C10H22N2O2/c1-5-6-11-9(13)7-12(4)8-10(2,3)14/h14H,5-8H2,1-4H3,(H,11,13). The molecule has 14 heavy (non-hydrogen) atoms. The highest BCUT2D eigenvalue weighted by atomic mass is 16.3. The summed E-state index contributed by atoms with van der Waals surface area (Å²) in [6.45, 7) is 7.02. The van der Waals surface area contributed by atoms with E-state index in [0.29, 0.717) is 13.1 Å². The Morgan fingerprint density at radius 3 is 2.50 bits per heavy atom. The molecule has 0 aromatic rings. The lowest BCUT2D eigenvalue weighted by Crippen LogP contribution is -2.42.